The Morgan fingerprint density at radius 3 is 2.69 bits per heavy atom. The lowest BCUT2D eigenvalue weighted by molar-refractivity contribution is 0.0462. The lowest BCUT2D eigenvalue weighted by atomic mass is 10.5. The first-order valence-corrected chi connectivity index (χ1v) is 5.83. The lowest BCUT2D eigenvalue weighted by Crippen LogP contribution is -2.03. The highest BCUT2D eigenvalue weighted by Crippen LogP contribution is 2.22. The van der Waals surface area contributed by atoms with Gasteiger partial charge < -0.3 is 9.47 Å². The smallest absolute Gasteiger partial charge is 0.0810 e. The molecule has 0 aliphatic heterocycles. The second-order valence-electron chi connectivity index (χ2n) is 2.46. The zero-order chi connectivity index (χ0) is 9.52. The van der Waals surface area contributed by atoms with Gasteiger partial charge in [-0.2, -0.15) is 0 Å². The molecule has 0 saturated carbocycles. The van der Waals surface area contributed by atoms with Gasteiger partial charge in [-0.15, -0.1) is 11.3 Å². The second kappa shape index (κ2) is 6.54. The molecular weight excluding hydrogens is 252 g/mol. The van der Waals surface area contributed by atoms with E-state index in [2.05, 4.69) is 22.0 Å². The maximum Gasteiger partial charge on any atom is 0.0810 e. The summed E-state index contributed by atoms with van der Waals surface area (Å²) in [5.41, 5.74) is 0. The molecule has 0 amide bonds. The average Bonchev–Trinajstić information content (AvgIpc) is 2.51. The molecule has 0 aromatic carbocycles. The van der Waals surface area contributed by atoms with Crippen molar-refractivity contribution < 1.29 is 9.47 Å². The fourth-order valence-electron chi connectivity index (χ4n) is 0.864. The topological polar surface area (TPSA) is 18.5 Å². The van der Waals surface area contributed by atoms with Crippen molar-refractivity contribution in [1.82, 2.24) is 0 Å². The molecule has 2 nitrogen and oxygen atoms in total. The largest absolute Gasteiger partial charge is 0.379 e. The van der Waals surface area contributed by atoms with Crippen LogP contribution in [-0.2, 0) is 16.1 Å². The van der Waals surface area contributed by atoms with Gasteiger partial charge in [-0.3, -0.25) is 0 Å². The molecule has 0 fully saturated rings. The summed E-state index contributed by atoms with van der Waals surface area (Å²) in [4.78, 5) is 1.24. The van der Waals surface area contributed by atoms with Gasteiger partial charge in [0.15, 0.2) is 0 Å². The molecule has 13 heavy (non-hydrogen) atoms. The molecule has 0 saturated heterocycles. The first kappa shape index (κ1) is 11.2. The standard InChI is InChI=1S/C9H13BrO2S/c1-2-11-5-6-12-7-8-3-4-9(10)13-8/h3-4H,2,5-7H2,1H3. The first-order chi connectivity index (χ1) is 6.33. The number of thiophene rings is 1. The predicted octanol–water partition coefficient (Wildman–Crippen LogP) is 3.06. The van der Waals surface area contributed by atoms with E-state index in [0.29, 0.717) is 19.8 Å². The van der Waals surface area contributed by atoms with Crippen LogP contribution >= 0.6 is 27.3 Å². The molecule has 1 aromatic rings. The molecule has 0 radical (unpaired) electrons. The number of halogens is 1. The van der Waals surface area contributed by atoms with Crippen molar-refractivity contribution in [3.8, 4) is 0 Å². The first-order valence-electron chi connectivity index (χ1n) is 4.22. The van der Waals surface area contributed by atoms with Crippen LogP contribution < -0.4 is 0 Å². The van der Waals surface area contributed by atoms with Gasteiger partial charge in [-0.25, -0.2) is 0 Å². The Morgan fingerprint density at radius 2 is 2.08 bits per heavy atom. The van der Waals surface area contributed by atoms with E-state index >= 15 is 0 Å². The molecule has 0 N–H and O–H groups in total. The highest BCUT2D eigenvalue weighted by Gasteiger charge is 1.96. The van der Waals surface area contributed by atoms with Crippen molar-refractivity contribution in [1.29, 1.82) is 0 Å². The van der Waals surface area contributed by atoms with E-state index < -0.39 is 0 Å². The predicted molar refractivity (Wildman–Crippen MR) is 58.2 cm³/mol. The summed E-state index contributed by atoms with van der Waals surface area (Å²) in [6.07, 6.45) is 0. The third kappa shape index (κ3) is 4.76. The van der Waals surface area contributed by atoms with E-state index in [-0.39, 0.29) is 0 Å². The third-order valence-corrected chi connectivity index (χ3v) is 3.05. The summed E-state index contributed by atoms with van der Waals surface area (Å²) in [6, 6.07) is 4.10. The highest BCUT2D eigenvalue weighted by molar-refractivity contribution is 9.11. The molecule has 0 bridgehead atoms. The molecule has 1 rings (SSSR count). The zero-order valence-electron chi connectivity index (χ0n) is 7.59. The number of ether oxygens (including phenoxy) is 2. The molecule has 0 spiro atoms. The molecule has 74 valence electrons. The van der Waals surface area contributed by atoms with E-state index in [1.807, 2.05) is 13.0 Å². The minimum absolute atomic E-state index is 0.670. The third-order valence-electron chi connectivity index (χ3n) is 1.45. The molecule has 0 atom stereocenters. The van der Waals surface area contributed by atoms with E-state index in [4.69, 9.17) is 9.47 Å². The fourth-order valence-corrected chi connectivity index (χ4v) is 2.29. The SMILES string of the molecule is CCOCCOCc1ccc(Br)s1. The van der Waals surface area contributed by atoms with Gasteiger partial charge in [0.2, 0.25) is 0 Å². The Balaban J connectivity index is 2.06. The van der Waals surface area contributed by atoms with Gasteiger partial charge in [0, 0.05) is 11.5 Å². The zero-order valence-corrected chi connectivity index (χ0v) is 9.99. The van der Waals surface area contributed by atoms with Crippen LogP contribution in [-0.4, -0.2) is 19.8 Å². The molecular formula is C9H13BrO2S. The van der Waals surface area contributed by atoms with Crippen molar-refractivity contribution in [3.05, 3.63) is 20.8 Å². The minimum Gasteiger partial charge on any atom is -0.379 e. The van der Waals surface area contributed by atoms with Crippen LogP contribution in [0.2, 0.25) is 0 Å². The second-order valence-corrected chi connectivity index (χ2v) is 5.00. The molecule has 4 heteroatoms. The van der Waals surface area contributed by atoms with Crippen molar-refractivity contribution in [2.75, 3.05) is 19.8 Å². The molecule has 1 heterocycles. The maximum absolute atomic E-state index is 5.40. The van der Waals surface area contributed by atoms with Gasteiger partial charge in [0.25, 0.3) is 0 Å². The number of rotatable bonds is 6. The summed E-state index contributed by atoms with van der Waals surface area (Å²) in [6.45, 7) is 4.78. The summed E-state index contributed by atoms with van der Waals surface area (Å²) in [5, 5.41) is 0. The molecule has 1 aromatic heterocycles. The number of hydrogen-bond donors (Lipinski definition) is 0. The van der Waals surface area contributed by atoms with Gasteiger partial charge in [-0.1, -0.05) is 0 Å². The summed E-state index contributed by atoms with van der Waals surface area (Å²) < 4.78 is 11.7. The van der Waals surface area contributed by atoms with Crippen LogP contribution in [0.15, 0.2) is 15.9 Å². The van der Waals surface area contributed by atoms with Crippen molar-refractivity contribution in [3.63, 3.8) is 0 Å². The van der Waals surface area contributed by atoms with Crippen molar-refractivity contribution in [2.24, 2.45) is 0 Å². The lowest BCUT2D eigenvalue weighted by Gasteiger charge is -2.01. The van der Waals surface area contributed by atoms with Crippen molar-refractivity contribution >= 4 is 27.3 Å². The van der Waals surface area contributed by atoms with Gasteiger partial charge in [-0.05, 0) is 35.0 Å². The average molecular weight is 265 g/mol. The Morgan fingerprint density at radius 1 is 1.31 bits per heavy atom. The Kier molecular flexibility index (Phi) is 5.62. The summed E-state index contributed by atoms with van der Waals surface area (Å²) in [7, 11) is 0. The van der Waals surface area contributed by atoms with E-state index in [1.165, 1.54) is 4.88 Å². The molecule has 0 aliphatic rings. The Hall–Kier alpha value is 0.1000. The quantitative estimate of drug-likeness (QED) is 0.736. The minimum atomic E-state index is 0.670. The highest BCUT2D eigenvalue weighted by atomic mass is 79.9. The fraction of sp³-hybridized carbons (Fsp3) is 0.556. The summed E-state index contributed by atoms with van der Waals surface area (Å²) in [5.74, 6) is 0. The Labute approximate surface area is 91.0 Å². The van der Waals surface area contributed by atoms with Gasteiger partial charge in [0.1, 0.15) is 0 Å². The van der Waals surface area contributed by atoms with Crippen LogP contribution in [0.4, 0.5) is 0 Å². The number of hydrogen-bond acceptors (Lipinski definition) is 3. The van der Waals surface area contributed by atoms with Crippen LogP contribution in [0.3, 0.4) is 0 Å². The monoisotopic (exact) mass is 264 g/mol. The maximum atomic E-state index is 5.40. The van der Waals surface area contributed by atoms with E-state index in [9.17, 15) is 0 Å². The van der Waals surface area contributed by atoms with Crippen LogP contribution in [0.5, 0.6) is 0 Å². The van der Waals surface area contributed by atoms with E-state index in [0.717, 1.165) is 10.4 Å². The Bertz CT molecular complexity index is 237. The van der Waals surface area contributed by atoms with Gasteiger partial charge >= 0.3 is 0 Å². The van der Waals surface area contributed by atoms with E-state index in [1.54, 1.807) is 11.3 Å². The normalized spacial score (nSPS) is 10.6. The van der Waals surface area contributed by atoms with Crippen LogP contribution in [0.1, 0.15) is 11.8 Å². The van der Waals surface area contributed by atoms with Gasteiger partial charge in [0.05, 0.1) is 23.6 Å². The molecule has 0 unspecified atom stereocenters. The molecule has 0 aliphatic carbocycles. The van der Waals surface area contributed by atoms with Crippen molar-refractivity contribution in [2.45, 2.75) is 13.5 Å². The van der Waals surface area contributed by atoms with Crippen LogP contribution in [0, 0.1) is 0 Å². The summed E-state index contributed by atoms with van der Waals surface area (Å²) >= 11 is 5.11. The van der Waals surface area contributed by atoms with Crippen LogP contribution in [0.25, 0.3) is 0 Å².